The predicted octanol–water partition coefficient (Wildman–Crippen LogP) is 0.266. The Balaban J connectivity index is 2.53. The molecular weight excluding hydrogens is 136 g/mol. The van der Waals surface area contributed by atoms with Gasteiger partial charge in [0.15, 0.2) is 18.3 Å². The first-order valence-electron chi connectivity index (χ1n) is 2.78. The normalized spacial score (nSPS) is 15.1. The molecule has 0 atom stereocenters. The molecule has 0 aliphatic carbocycles. The molecule has 0 radical (unpaired) electrons. The van der Waals surface area contributed by atoms with Crippen molar-refractivity contribution in [2.75, 3.05) is 11.8 Å². The van der Waals surface area contributed by atoms with Crippen molar-refractivity contribution in [3.63, 3.8) is 0 Å². The van der Waals surface area contributed by atoms with Crippen LogP contribution in [0.25, 0.3) is 0 Å². The number of hydrogen-bond donors (Lipinski definition) is 3. The topological polar surface area (TPSA) is 68.7 Å². The fraction of sp³-hybridized carbons (Fsp3) is 0.200. The lowest BCUT2D eigenvalue weighted by Gasteiger charge is -2.02. The molecule has 5 heteroatoms. The second kappa shape index (κ2) is 1.57. The van der Waals surface area contributed by atoms with E-state index in [1.807, 2.05) is 0 Å². The smallest absolute Gasteiger partial charge is 0.207 e. The SMILES string of the molecule is Oc1c[nH]c2c1OCN2O. The van der Waals surface area contributed by atoms with Crippen LogP contribution < -0.4 is 9.80 Å². The van der Waals surface area contributed by atoms with Crippen molar-refractivity contribution in [3.8, 4) is 11.5 Å². The summed E-state index contributed by atoms with van der Waals surface area (Å²) in [6.45, 7) is 0.0650. The van der Waals surface area contributed by atoms with Crippen molar-refractivity contribution in [1.29, 1.82) is 0 Å². The Labute approximate surface area is 56.4 Å². The van der Waals surface area contributed by atoms with Gasteiger partial charge in [-0.25, -0.2) is 0 Å². The molecule has 0 unspecified atom stereocenters. The van der Waals surface area contributed by atoms with Gasteiger partial charge in [0.2, 0.25) is 5.75 Å². The molecule has 0 saturated heterocycles. The van der Waals surface area contributed by atoms with Crippen molar-refractivity contribution in [2.24, 2.45) is 0 Å². The van der Waals surface area contributed by atoms with E-state index >= 15 is 0 Å². The van der Waals surface area contributed by atoms with Crippen LogP contribution in [0.4, 0.5) is 5.82 Å². The second-order valence-corrected chi connectivity index (χ2v) is 2.02. The summed E-state index contributed by atoms with van der Waals surface area (Å²) in [6, 6.07) is 0. The third-order valence-electron chi connectivity index (χ3n) is 1.38. The number of fused-ring (bicyclic) bond motifs is 1. The second-order valence-electron chi connectivity index (χ2n) is 2.02. The van der Waals surface area contributed by atoms with Gasteiger partial charge >= 0.3 is 0 Å². The molecule has 3 N–H and O–H groups in total. The highest BCUT2D eigenvalue weighted by molar-refractivity contribution is 5.61. The Bertz CT molecular complexity index is 257. The van der Waals surface area contributed by atoms with Gasteiger partial charge in [-0.3, -0.25) is 5.21 Å². The van der Waals surface area contributed by atoms with Crippen LogP contribution in [0, 0.1) is 0 Å². The molecule has 10 heavy (non-hydrogen) atoms. The summed E-state index contributed by atoms with van der Waals surface area (Å²) >= 11 is 0. The maximum Gasteiger partial charge on any atom is 0.207 e. The van der Waals surface area contributed by atoms with Crippen molar-refractivity contribution in [1.82, 2.24) is 4.98 Å². The zero-order valence-corrected chi connectivity index (χ0v) is 5.03. The fourth-order valence-corrected chi connectivity index (χ4v) is 0.913. The lowest BCUT2D eigenvalue weighted by atomic mass is 10.5. The van der Waals surface area contributed by atoms with Crippen LogP contribution >= 0.6 is 0 Å². The Morgan fingerprint density at radius 2 is 2.50 bits per heavy atom. The van der Waals surface area contributed by atoms with Crippen molar-refractivity contribution < 1.29 is 15.1 Å². The number of nitrogens with zero attached hydrogens (tertiary/aromatic N) is 1. The van der Waals surface area contributed by atoms with Gasteiger partial charge in [0, 0.05) is 6.20 Å². The average Bonchev–Trinajstić information content (AvgIpc) is 2.41. The monoisotopic (exact) mass is 142 g/mol. The highest BCUT2D eigenvalue weighted by Gasteiger charge is 2.23. The van der Waals surface area contributed by atoms with Gasteiger partial charge < -0.3 is 14.8 Å². The first-order chi connectivity index (χ1) is 4.79. The Morgan fingerprint density at radius 3 is 3.20 bits per heavy atom. The number of hydrogen-bond acceptors (Lipinski definition) is 4. The molecule has 1 aliphatic rings. The molecule has 1 aromatic heterocycles. The molecule has 54 valence electrons. The van der Waals surface area contributed by atoms with Crippen LogP contribution in [0.2, 0.25) is 0 Å². The summed E-state index contributed by atoms with van der Waals surface area (Å²) in [5.74, 6) is 0.728. The molecular formula is C5H6N2O3. The number of H-pyrrole nitrogens is 1. The zero-order chi connectivity index (χ0) is 7.14. The van der Waals surface area contributed by atoms with Crippen LogP contribution in [0.5, 0.6) is 11.5 Å². The van der Waals surface area contributed by atoms with E-state index < -0.39 is 0 Å². The van der Waals surface area contributed by atoms with E-state index in [4.69, 9.17) is 15.1 Å². The van der Waals surface area contributed by atoms with Gasteiger partial charge in [0.25, 0.3) is 0 Å². The standard InChI is InChI=1S/C5H6N2O3/c8-3-1-6-5-4(3)10-2-7(5)9/h1,6,8-9H,2H2. The number of hydroxylamine groups is 1. The van der Waals surface area contributed by atoms with E-state index in [0.717, 1.165) is 5.06 Å². The highest BCUT2D eigenvalue weighted by atomic mass is 16.6. The van der Waals surface area contributed by atoms with Crippen molar-refractivity contribution >= 4 is 5.82 Å². The third-order valence-corrected chi connectivity index (χ3v) is 1.38. The minimum absolute atomic E-state index is 0.0200. The van der Waals surface area contributed by atoms with E-state index in [1.54, 1.807) is 0 Å². The van der Waals surface area contributed by atoms with E-state index in [9.17, 15) is 0 Å². The summed E-state index contributed by atoms with van der Waals surface area (Å²) in [6.07, 6.45) is 1.35. The van der Waals surface area contributed by atoms with Gasteiger partial charge in [0.05, 0.1) is 0 Å². The van der Waals surface area contributed by atoms with Crippen molar-refractivity contribution in [2.45, 2.75) is 0 Å². The Hall–Kier alpha value is -1.36. The largest absolute Gasteiger partial charge is 0.503 e. The fourth-order valence-electron chi connectivity index (χ4n) is 0.913. The minimum Gasteiger partial charge on any atom is -0.503 e. The minimum atomic E-state index is 0.0200. The van der Waals surface area contributed by atoms with E-state index in [-0.39, 0.29) is 12.5 Å². The molecule has 2 heterocycles. The van der Waals surface area contributed by atoms with Gasteiger partial charge in [-0.2, -0.15) is 5.06 Å². The molecule has 0 amide bonds. The number of rotatable bonds is 0. The molecule has 0 bridgehead atoms. The number of anilines is 1. The number of ether oxygens (including phenoxy) is 1. The van der Waals surface area contributed by atoms with Gasteiger partial charge in [0.1, 0.15) is 0 Å². The summed E-state index contributed by atoms with van der Waals surface area (Å²) < 4.78 is 4.88. The first kappa shape index (κ1) is 5.43. The number of aromatic nitrogens is 1. The quantitative estimate of drug-likeness (QED) is 0.486. The Kier molecular flexibility index (Phi) is 0.853. The molecule has 0 aromatic carbocycles. The van der Waals surface area contributed by atoms with E-state index in [0.29, 0.717) is 11.6 Å². The lowest BCUT2D eigenvalue weighted by Crippen LogP contribution is -2.16. The third kappa shape index (κ3) is 0.496. The van der Waals surface area contributed by atoms with Crippen molar-refractivity contribution in [3.05, 3.63) is 6.20 Å². The van der Waals surface area contributed by atoms with Crippen LogP contribution in [-0.4, -0.2) is 22.0 Å². The van der Waals surface area contributed by atoms with Gasteiger partial charge in [-0.05, 0) is 0 Å². The molecule has 0 fully saturated rings. The molecule has 1 aliphatic heterocycles. The van der Waals surface area contributed by atoms with Crippen LogP contribution in [0.3, 0.4) is 0 Å². The summed E-state index contributed by atoms with van der Waals surface area (Å²) in [5.41, 5.74) is 0. The van der Waals surface area contributed by atoms with Crippen LogP contribution in [-0.2, 0) is 0 Å². The van der Waals surface area contributed by atoms with Gasteiger partial charge in [-0.15, -0.1) is 0 Å². The number of aromatic hydroxyl groups is 1. The highest BCUT2D eigenvalue weighted by Crippen LogP contribution is 2.39. The zero-order valence-electron chi connectivity index (χ0n) is 5.03. The molecule has 2 rings (SSSR count). The van der Waals surface area contributed by atoms with Gasteiger partial charge in [-0.1, -0.05) is 0 Å². The average molecular weight is 142 g/mol. The molecule has 0 saturated carbocycles. The maximum absolute atomic E-state index is 9.00. The molecule has 0 spiro atoms. The lowest BCUT2D eigenvalue weighted by molar-refractivity contribution is 0.190. The number of aromatic amines is 1. The van der Waals surface area contributed by atoms with E-state index in [1.165, 1.54) is 6.20 Å². The summed E-state index contributed by atoms with van der Waals surface area (Å²) in [5, 5.41) is 18.8. The summed E-state index contributed by atoms with van der Waals surface area (Å²) in [4.78, 5) is 2.64. The number of nitrogens with one attached hydrogen (secondary N) is 1. The Morgan fingerprint density at radius 1 is 1.70 bits per heavy atom. The molecule has 1 aromatic rings. The van der Waals surface area contributed by atoms with Crippen LogP contribution in [0.15, 0.2) is 6.20 Å². The summed E-state index contributed by atoms with van der Waals surface area (Å²) in [7, 11) is 0. The maximum atomic E-state index is 9.00. The predicted molar refractivity (Wildman–Crippen MR) is 32.2 cm³/mol. The van der Waals surface area contributed by atoms with Crippen LogP contribution in [0.1, 0.15) is 0 Å². The first-order valence-corrected chi connectivity index (χ1v) is 2.78. The van der Waals surface area contributed by atoms with E-state index in [2.05, 4.69) is 4.98 Å². The molecule has 5 nitrogen and oxygen atoms in total.